The van der Waals surface area contributed by atoms with E-state index in [0.29, 0.717) is 16.9 Å². The van der Waals surface area contributed by atoms with Gasteiger partial charge in [-0.15, -0.1) is 0 Å². The van der Waals surface area contributed by atoms with Gasteiger partial charge < -0.3 is 15.0 Å². The molecule has 16 heavy (non-hydrogen) atoms. The van der Waals surface area contributed by atoms with Gasteiger partial charge in [0.2, 0.25) is 0 Å². The van der Waals surface area contributed by atoms with Crippen LogP contribution in [0.5, 0.6) is 0 Å². The molecule has 1 aromatic rings. The van der Waals surface area contributed by atoms with E-state index >= 15 is 0 Å². The maximum Gasteiger partial charge on any atom is 0.325 e. The first-order valence-electron chi connectivity index (χ1n) is 4.91. The van der Waals surface area contributed by atoms with Crippen LogP contribution in [0.3, 0.4) is 0 Å². The van der Waals surface area contributed by atoms with Gasteiger partial charge in [0.25, 0.3) is 0 Å². The maximum absolute atomic E-state index is 11.1. The Morgan fingerprint density at radius 1 is 1.69 bits per heavy atom. The van der Waals surface area contributed by atoms with Crippen LogP contribution in [0.2, 0.25) is 0 Å². The Balaban J connectivity index is 2.57. The van der Waals surface area contributed by atoms with Crippen molar-refractivity contribution in [1.82, 2.24) is 10.3 Å². The molecule has 86 valence electrons. The number of pyridine rings is 1. The second-order valence-corrected chi connectivity index (χ2v) is 3.46. The number of hydrogen-bond acceptors (Lipinski definition) is 4. The third-order valence-electron chi connectivity index (χ3n) is 1.89. The lowest BCUT2D eigenvalue weighted by atomic mass is 10.2. The van der Waals surface area contributed by atoms with Gasteiger partial charge in [-0.25, -0.2) is 0 Å². The van der Waals surface area contributed by atoms with Gasteiger partial charge >= 0.3 is 5.97 Å². The fourth-order valence-electron chi connectivity index (χ4n) is 1.15. The van der Waals surface area contributed by atoms with E-state index in [1.54, 1.807) is 13.1 Å². The molecular formula is C11H14N2O2S. The van der Waals surface area contributed by atoms with Crippen molar-refractivity contribution in [3.05, 3.63) is 35.1 Å². The minimum Gasteiger partial charge on any atom is -0.465 e. The van der Waals surface area contributed by atoms with E-state index in [0.717, 1.165) is 5.56 Å². The second-order valence-electron chi connectivity index (χ2n) is 3.05. The molecule has 5 heteroatoms. The largest absolute Gasteiger partial charge is 0.465 e. The van der Waals surface area contributed by atoms with Gasteiger partial charge in [0.15, 0.2) is 0 Å². The molecule has 1 rings (SSSR count). The van der Waals surface area contributed by atoms with E-state index in [1.165, 1.54) is 0 Å². The molecule has 0 saturated heterocycles. The van der Waals surface area contributed by atoms with Crippen LogP contribution < -0.4 is 5.32 Å². The van der Waals surface area contributed by atoms with Crippen molar-refractivity contribution in [2.75, 3.05) is 13.2 Å². The smallest absolute Gasteiger partial charge is 0.325 e. The number of aromatic amines is 1. The Morgan fingerprint density at radius 3 is 3.06 bits per heavy atom. The summed E-state index contributed by atoms with van der Waals surface area (Å²) in [6.45, 7) is 6.04. The van der Waals surface area contributed by atoms with Crippen LogP contribution in [-0.4, -0.2) is 24.1 Å². The van der Waals surface area contributed by atoms with E-state index in [9.17, 15) is 4.79 Å². The zero-order chi connectivity index (χ0) is 12.0. The highest BCUT2D eigenvalue weighted by atomic mass is 32.1. The lowest BCUT2D eigenvalue weighted by Crippen LogP contribution is -2.23. The zero-order valence-electron chi connectivity index (χ0n) is 9.08. The molecule has 0 aliphatic rings. The Hall–Kier alpha value is -1.62. The summed E-state index contributed by atoms with van der Waals surface area (Å²) < 4.78 is 5.37. The first-order chi connectivity index (χ1) is 7.65. The van der Waals surface area contributed by atoms with Crippen molar-refractivity contribution in [3.63, 3.8) is 0 Å². The molecule has 4 nitrogen and oxygen atoms in total. The SMILES string of the molecule is C=C(NCC(=O)OCC)c1ccc[nH]c1=S. The highest BCUT2D eigenvalue weighted by Gasteiger charge is 2.04. The van der Waals surface area contributed by atoms with Gasteiger partial charge in [0.05, 0.1) is 6.61 Å². The van der Waals surface area contributed by atoms with Crippen LogP contribution in [0.4, 0.5) is 0 Å². The van der Waals surface area contributed by atoms with Crippen molar-refractivity contribution < 1.29 is 9.53 Å². The Bertz CT molecular complexity index is 440. The van der Waals surface area contributed by atoms with E-state index in [2.05, 4.69) is 16.9 Å². The normalized spacial score (nSPS) is 9.56. The minimum atomic E-state index is -0.311. The van der Waals surface area contributed by atoms with Gasteiger partial charge in [-0.2, -0.15) is 0 Å². The summed E-state index contributed by atoms with van der Waals surface area (Å²) in [4.78, 5) is 14.0. The average molecular weight is 238 g/mol. The van der Waals surface area contributed by atoms with Crippen molar-refractivity contribution >= 4 is 23.9 Å². The number of rotatable bonds is 5. The molecule has 0 aromatic carbocycles. The van der Waals surface area contributed by atoms with Crippen LogP contribution in [0.25, 0.3) is 5.70 Å². The number of H-pyrrole nitrogens is 1. The van der Waals surface area contributed by atoms with Gasteiger partial charge in [0, 0.05) is 17.5 Å². The van der Waals surface area contributed by atoms with Gasteiger partial charge in [-0.1, -0.05) is 18.8 Å². The topological polar surface area (TPSA) is 54.1 Å². The first-order valence-corrected chi connectivity index (χ1v) is 5.32. The summed E-state index contributed by atoms with van der Waals surface area (Å²) in [6.07, 6.45) is 1.74. The monoisotopic (exact) mass is 238 g/mol. The van der Waals surface area contributed by atoms with Gasteiger partial charge in [0.1, 0.15) is 11.2 Å². The van der Waals surface area contributed by atoms with Crippen LogP contribution in [0.1, 0.15) is 12.5 Å². The summed E-state index contributed by atoms with van der Waals surface area (Å²) in [5.41, 5.74) is 1.39. The molecule has 1 aromatic heterocycles. The van der Waals surface area contributed by atoms with Crippen molar-refractivity contribution in [3.8, 4) is 0 Å². The van der Waals surface area contributed by atoms with Crippen LogP contribution >= 0.6 is 12.2 Å². The highest BCUT2D eigenvalue weighted by Crippen LogP contribution is 2.08. The van der Waals surface area contributed by atoms with E-state index < -0.39 is 0 Å². The van der Waals surface area contributed by atoms with Crippen molar-refractivity contribution in [2.24, 2.45) is 0 Å². The third kappa shape index (κ3) is 3.51. The van der Waals surface area contributed by atoms with Crippen LogP contribution in [-0.2, 0) is 9.53 Å². The fourth-order valence-corrected chi connectivity index (χ4v) is 1.40. The molecule has 0 bridgehead atoms. The summed E-state index contributed by atoms with van der Waals surface area (Å²) in [6, 6.07) is 3.65. The molecule has 0 amide bonds. The van der Waals surface area contributed by atoms with E-state index in [-0.39, 0.29) is 12.5 Å². The molecule has 1 heterocycles. The number of hydrogen-bond donors (Lipinski definition) is 2. The van der Waals surface area contributed by atoms with Crippen molar-refractivity contribution in [2.45, 2.75) is 6.92 Å². The molecule has 0 radical (unpaired) electrons. The van der Waals surface area contributed by atoms with E-state index in [4.69, 9.17) is 17.0 Å². The fraction of sp³-hybridized carbons (Fsp3) is 0.273. The summed E-state index contributed by atoms with van der Waals surface area (Å²) in [7, 11) is 0. The quantitative estimate of drug-likeness (QED) is 0.607. The highest BCUT2D eigenvalue weighted by molar-refractivity contribution is 7.71. The van der Waals surface area contributed by atoms with Gasteiger partial charge in [-0.3, -0.25) is 4.79 Å². The van der Waals surface area contributed by atoms with Crippen LogP contribution in [0, 0.1) is 4.64 Å². The second kappa shape index (κ2) is 6.07. The predicted molar refractivity (Wildman–Crippen MR) is 65.3 cm³/mol. The molecule has 0 aliphatic heterocycles. The number of nitrogens with one attached hydrogen (secondary N) is 2. The summed E-state index contributed by atoms with van der Waals surface area (Å²) in [5.74, 6) is -0.311. The summed E-state index contributed by atoms with van der Waals surface area (Å²) in [5, 5.41) is 2.87. The predicted octanol–water partition coefficient (Wildman–Crippen LogP) is 1.87. The summed E-state index contributed by atoms with van der Waals surface area (Å²) >= 11 is 5.09. The standard InChI is InChI=1S/C11H14N2O2S/c1-3-15-10(14)7-13-8(2)9-5-4-6-12-11(9)16/h4-6,13H,2-3,7H2,1H3,(H,12,16). The first kappa shape index (κ1) is 12.4. The molecule has 0 aliphatic carbocycles. The average Bonchev–Trinajstić information content (AvgIpc) is 2.27. The molecule has 0 fully saturated rings. The number of ether oxygens (including phenoxy) is 1. The lowest BCUT2D eigenvalue weighted by molar-refractivity contribution is -0.141. The minimum absolute atomic E-state index is 0.0936. The third-order valence-corrected chi connectivity index (χ3v) is 2.23. The molecule has 2 N–H and O–H groups in total. The Morgan fingerprint density at radius 2 is 2.44 bits per heavy atom. The van der Waals surface area contributed by atoms with E-state index in [1.807, 2.05) is 12.1 Å². The van der Waals surface area contributed by atoms with Gasteiger partial charge in [-0.05, 0) is 19.1 Å². The molecule has 0 saturated carbocycles. The Labute approximate surface area is 99.3 Å². The molecule has 0 unspecified atom stereocenters. The number of esters is 1. The molecule has 0 atom stereocenters. The maximum atomic E-state index is 11.1. The molecular weight excluding hydrogens is 224 g/mol. The van der Waals surface area contributed by atoms with Crippen molar-refractivity contribution in [1.29, 1.82) is 0 Å². The number of aromatic nitrogens is 1. The zero-order valence-corrected chi connectivity index (χ0v) is 9.89. The van der Waals surface area contributed by atoms with Crippen LogP contribution in [0.15, 0.2) is 24.9 Å². The number of carbonyl (C=O) groups is 1. The number of carbonyl (C=O) groups excluding carboxylic acids is 1. The lowest BCUT2D eigenvalue weighted by Gasteiger charge is -2.08. The molecule has 0 spiro atoms. The Kier molecular flexibility index (Phi) is 4.72.